The van der Waals surface area contributed by atoms with Crippen molar-refractivity contribution in [3.05, 3.63) is 65.9 Å². The number of hydrogen-bond donors (Lipinski definition) is 1. The third-order valence-corrected chi connectivity index (χ3v) is 5.47. The SMILES string of the molecule is CC#CCN1C(=O)c2ccccc2Sc2cc(Nc3nnccc3C#N)ccc21. The Kier molecular flexibility index (Phi) is 5.15. The number of benzene rings is 2. The van der Waals surface area contributed by atoms with E-state index in [1.807, 2.05) is 42.5 Å². The van der Waals surface area contributed by atoms with Gasteiger partial charge in [-0.1, -0.05) is 29.8 Å². The first-order valence-corrected chi connectivity index (χ1v) is 9.64. The molecule has 1 N–H and O–H groups in total. The highest BCUT2D eigenvalue weighted by Crippen LogP contribution is 2.42. The molecule has 4 rings (SSSR count). The van der Waals surface area contributed by atoms with E-state index in [0.29, 0.717) is 23.5 Å². The van der Waals surface area contributed by atoms with Crippen LogP contribution < -0.4 is 10.2 Å². The molecule has 0 saturated carbocycles. The maximum atomic E-state index is 13.1. The maximum Gasteiger partial charge on any atom is 0.260 e. The quantitative estimate of drug-likeness (QED) is 0.666. The molecule has 0 unspecified atom stereocenters. The van der Waals surface area contributed by atoms with Gasteiger partial charge in [0, 0.05) is 15.5 Å². The number of aromatic nitrogens is 2. The fourth-order valence-electron chi connectivity index (χ4n) is 2.97. The fraction of sp³-hybridized carbons (Fsp3) is 0.0909. The number of hydrogen-bond acceptors (Lipinski definition) is 6. The molecule has 6 nitrogen and oxygen atoms in total. The summed E-state index contributed by atoms with van der Waals surface area (Å²) in [6.45, 7) is 2.07. The lowest BCUT2D eigenvalue weighted by atomic mass is 10.1. The molecule has 0 aliphatic carbocycles. The molecular formula is C22H15N5OS. The number of carbonyl (C=O) groups is 1. The highest BCUT2D eigenvalue weighted by atomic mass is 32.2. The molecule has 1 amide bonds. The van der Waals surface area contributed by atoms with Crippen molar-refractivity contribution >= 4 is 34.9 Å². The zero-order valence-corrected chi connectivity index (χ0v) is 16.3. The summed E-state index contributed by atoms with van der Waals surface area (Å²) in [4.78, 5) is 16.6. The third-order valence-electron chi connectivity index (χ3n) is 4.35. The molecule has 0 spiro atoms. The summed E-state index contributed by atoms with van der Waals surface area (Å²) in [6.07, 6.45) is 1.48. The smallest absolute Gasteiger partial charge is 0.260 e. The van der Waals surface area contributed by atoms with Crippen LogP contribution in [0.3, 0.4) is 0 Å². The lowest BCUT2D eigenvalue weighted by molar-refractivity contribution is 0.0987. The lowest BCUT2D eigenvalue weighted by Gasteiger charge is -2.21. The van der Waals surface area contributed by atoms with Gasteiger partial charge in [-0.25, -0.2) is 0 Å². The summed E-state index contributed by atoms with van der Waals surface area (Å²) >= 11 is 1.53. The molecule has 3 aromatic rings. The van der Waals surface area contributed by atoms with Gasteiger partial charge in [0.05, 0.1) is 29.6 Å². The molecular weight excluding hydrogens is 382 g/mol. The van der Waals surface area contributed by atoms with Gasteiger partial charge in [0.15, 0.2) is 5.82 Å². The second-order valence-electron chi connectivity index (χ2n) is 6.13. The first kappa shape index (κ1) is 18.5. The Morgan fingerprint density at radius 2 is 2.03 bits per heavy atom. The van der Waals surface area contributed by atoms with E-state index in [4.69, 9.17) is 0 Å². The van der Waals surface area contributed by atoms with Crippen LogP contribution in [0.25, 0.3) is 0 Å². The summed E-state index contributed by atoms with van der Waals surface area (Å²) in [6, 6.07) is 16.9. The Labute approximate surface area is 172 Å². The Morgan fingerprint density at radius 3 is 2.86 bits per heavy atom. The summed E-state index contributed by atoms with van der Waals surface area (Å²) < 4.78 is 0. The normalized spacial score (nSPS) is 12.0. The number of nitrogens with zero attached hydrogens (tertiary/aromatic N) is 4. The van der Waals surface area contributed by atoms with Crippen molar-refractivity contribution in [2.24, 2.45) is 0 Å². The molecule has 7 heteroatoms. The molecule has 0 bridgehead atoms. The van der Waals surface area contributed by atoms with Gasteiger partial charge in [-0.05, 0) is 43.3 Å². The summed E-state index contributed by atoms with van der Waals surface area (Å²) in [5.74, 6) is 6.17. The summed E-state index contributed by atoms with van der Waals surface area (Å²) in [5.41, 5.74) is 2.61. The molecule has 0 saturated heterocycles. The molecule has 1 aliphatic heterocycles. The van der Waals surface area contributed by atoms with Gasteiger partial charge in [0.25, 0.3) is 5.91 Å². The van der Waals surface area contributed by atoms with E-state index in [-0.39, 0.29) is 5.91 Å². The molecule has 1 aliphatic rings. The van der Waals surface area contributed by atoms with E-state index in [9.17, 15) is 10.1 Å². The molecule has 0 radical (unpaired) electrons. The second-order valence-corrected chi connectivity index (χ2v) is 7.21. The average Bonchev–Trinajstić information content (AvgIpc) is 2.86. The molecule has 0 atom stereocenters. The van der Waals surface area contributed by atoms with Gasteiger partial charge in [-0.15, -0.1) is 11.0 Å². The minimum atomic E-state index is -0.0731. The Bertz CT molecular complexity index is 1210. The monoisotopic (exact) mass is 397 g/mol. The third kappa shape index (κ3) is 3.64. The van der Waals surface area contributed by atoms with Crippen LogP contribution in [0.1, 0.15) is 22.8 Å². The molecule has 2 heterocycles. The van der Waals surface area contributed by atoms with Gasteiger partial charge >= 0.3 is 0 Å². The van der Waals surface area contributed by atoms with Crippen LogP contribution in [-0.4, -0.2) is 22.6 Å². The standard InChI is InChI=1S/C22H15N5OS/c1-2-3-12-27-18-9-8-16(25-21-15(14-23)10-11-24-26-21)13-20(18)29-19-7-5-4-6-17(19)22(27)28/h4-11,13H,12H2,1H3,(H,25,26). The van der Waals surface area contributed by atoms with Crippen molar-refractivity contribution in [2.75, 3.05) is 16.8 Å². The van der Waals surface area contributed by atoms with Crippen molar-refractivity contribution in [3.8, 4) is 17.9 Å². The number of nitrogens with one attached hydrogen (secondary N) is 1. The Hall–Kier alpha value is -3.81. The number of carbonyl (C=O) groups excluding carboxylic acids is 1. The Morgan fingerprint density at radius 1 is 1.17 bits per heavy atom. The highest BCUT2D eigenvalue weighted by Gasteiger charge is 2.27. The zero-order valence-electron chi connectivity index (χ0n) is 15.5. The first-order chi connectivity index (χ1) is 14.2. The minimum absolute atomic E-state index is 0.0731. The topological polar surface area (TPSA) is 81.9 Å². The average molecular weight is 397 g/mol. The molecule has 2 aromatic carbocycles. The van der Waals surface area contributed by atoms with Crippen molar-refractivity contribution in [2.45, 2.75) is 16.7 Å². The maximum absolute atomic E-state index is 13.1. The molecule has 140 valence electrons. The van der Waals surface area contributed by atoms with Crippen LogP contribution in [0.5, 0.6) is 0 Å². The van der Waals surface area contributed by atoms with E-state index in [1.165, 1.54) is 18.0 Å². The van der Waals surface area contributed by atoms with Crippen LogP contribution in [-0.2, 0) is 0 Å². The number of nitriles is 1. The van der Waals surface area contributed by atoms with Gasteiger partial charge in [-0.3, -0.25) is 9.69 Å². The van der Waals surface area contributed by atoms with Crippen molar-refractivity contribution in [1.82, 2.24) is 10.2 Å². The van der Waals surface area contributed by atoms with Crippen molar-refractivity contribution < 1.29 is 4.79 Å². The van der Waals surface area contributed by atoms with Crippen molar-refractivity contribution in [1.29, 1.82) is 5.26 Å². The van der Waals surface area contributed by atoms with Crippen LogP contribution in [0.2, 0.25) is 0 Å². The second kappa shape index (κ2) is 8.05. The summed E-state index contributed by atoms with van der Waals surface area (Å²) in [5, 5.41) is 20.3. The van der Waals surface area contributed by atoms with Crippen LogP contribution in [0, 0.1) is 23.2 Å². The van der Waals surface area contributed by atoms with Crippen LogP contribution in [0.15, 0.2) is 64.5 Å². The lowest BCUT2D eigenvalue weighted by Crippen LogP contribution is -2.31. The first-order valence-electron chi connectivity index (χ1n) is 8.82. The van der Waals surface area contributed by atoms with E-state index in [2.05, 4.69) is 33.4 Å². The molecule has 29 heavy (non-hydrogen) atoms. The van der Waals surface area contributed by atoms with E-state index in [0.717, 1.165) is 21.2 Å². The largest absolute Gasteiger partial charge is 0.338 e. The molecule has 1 aromatic heterocycles. The minimum Gasteiger partial charge on any atom is -0.338 e. The van der Waals surface area contributed by atoms with Gasteiger partial charge in [0.2, 0.25) is 0 Å². The zero-order chi connectivity index (χ0) is 20.2. The number of anilines is 3. The number of amides is 1. The number of fused-ring (bicyclic) bond motifs is 2. The van der Waals surface area contributed by atoms with E-state index in [1.54, 1.807) is 17.9 Å². The predicted molar refractivity (Wildman–Crippen MR) is 112 cm³/mol. The highest BCUT2D eigenvalue weighted by molar-refractivity contribution is 7.99. The van der Waals surface area contributed by atoms with Gasteiger partial charge in [-0.2, -0.15) is 10.4 Å². The molecule has 0 fully saturated rings. The van der Waals surface area contributed by atoms with E-state index < -0.39 is 0 Å². The van der Waals surface area contributed by atoms with E-state index >= 15 is 0 Å². The van der Waals surface area contributed by atoms with Crippen LogP contribution in [0.4, 0.5) is 17.2 Å². The predicted octanol–water partition coefficient (Wildman–Crippen LogP) is 4.23. The van der Waals surface area contributed by atoms with Gasteiger partial charge < -0.3 is 5.32 Å². The fourth-order valence-corrected chi connectivity index (χ4v) is 4.09. The van der Waals surface area contributed by atoms with Gasteiger partial charge in [0.1, 0.15) is 6.07 Å². The van der Waals surface area contributed by atoms with Crippen molar-refractivity contribution in [3.63, 3.8) is 0 Å². The number of rotatable bonds is 3. The Balaban J connectivity index is 1.78. The van der Waals surface area contributed by atoms with Crippen LogP contribution >= 0.6 is 11.8 Å². The summed E-state index contributed by atoms with van der Waals surface area (Å²) in [7, 11) is 0.